The Labute approximate surface area is 147 Å². The molecule has 4 nitrogen and oxygen atoms in total. The van der Waals surface area contributed by atoms with E-state index in [2.05, 4.69) is 5.32 Å². The summed E-state index contributed by atoms with van der Waals surface area (Å²) in [7, 11) is 0. The van der Waals surface area contributed by atoms with Crippen LogP contribution < -0.4 is 10.2 Å². The topological polar surface area (TPSA) is 49.4 Å². The van der Waals surface area contributed by atoms with E-state index in [0.29, 0.717) is 23.7 Å². The fraction of sp³-hybridized carbons (Fsp3) is 0.263. The van der Waals surface area contributed by atoms with E-state index in [1.807, 2.05) is 44.2 Å². The SMILES string of the molecule is CC(=O)N(CCNC(=O)c1ccccc1C)c1cccc(Cl)c1C. The zero-order valence-corrected chi connectivity index (χ0v) is 14.9. The predicted molar refractivity (Wildman–Crippen MR) is 97.7 cm³/mol. The molecule has 0 aromatic heterocycles. The van der Waals surface area contributed by atoms with Crippen LogP contribution in [-0.2, 0) is 4.79 Å². The van der Waals surface area contributed by atoms with Crippen molar-refractivity contribution in [2.75, 3.05) is 18.0 Å². The molecule has 0 saturated heterocycles. The van der Waals surface area contributed by atoms with Crippen LogP contribution in [0.15, 0.2) is 42.5 Å². The molecule has 0 aliphatic heterocycles. The normalized spacial score (nSPS) is 10.3. The van der Waals surface area contributed by atoms with Gasteiger partial charge in [-0.2, -0.15) is 0 Å². The van der Waals surface area contributed by atoms with Crippen molar-refractivity contribution < 1.29 is 9.59 Å². The second kappa shape index (κ2) is 7.97. The van der Waals surface area contributed by atoms with Crippen LogP contribution in [-0.4, -0.2) is 24.9 Å². The lowest BCUT2D eigenvalue weighted by molar-refractivity contribution is -0.116. The minimum Gasteiger partial charge on any atom is -0.350 e. The highest BCUT2D eigenvalue weighted by Gasteiger charge is 2.15. The Kier molecular flexibility index (Phi) is 5.99. The summed E-state index contributed by atoms with van der Waals surface area (Å²) in [6.07, 6.45) is 0. The second-order valence-electron chi connectivity index (χ2n) is 5.63. The van der Waals surface area contributed by atoms with E-state index in [1.165, 1.54) is 6.92 Å². The zero-order chi connectivity index (χ0) is 17.7. The van der Waals surface area contributed by atoms with E-state index in [0.717, 1.165) is 16.8 Å². The molecule has 2 aromatic rings. The van der Waals surface area contributed by atoms with Gasteiger partial charge < -0.3 is 10.2 Å². The molecule has 0 aliphatic rings. The lowest BCUT2D eigenvalue weighted by Crippen LogP contribution is -2.38. The lowest BCUT2D eigenvalue weighted by Gasteiger charge is -2.23. The molecule has 0 saturated carbocycles. The largest absolute Gasteiger partial charge is 0.350 e. The van der Waals surface area contributed by atoms with Crippen LogP contribution in [0.4, 0.5) is 5.69 Å². The van der Waals surface area contributed by atoms with Gasteiger partial charge in [-0.15, -0.1) is 0 Å². The van der Waals surface area contributed by atoms with Gasteiger partial charge in [0, 0.05) is 36.3 Å². The molecule has 0 atom stereocenters. The summed E-state index contributed by atoms with van der Waals surface area (Å²) in [6, 6.07) is 12.9. The fourth-order valence-electron chi connectivity index (χ4n) is 2.54. The van der Waals surface area contributed by atoms with Crippen molar-refractivity contribution in [3.05, 3.63) is 64.2 Å². The average Bonchev–Trinajstić information content (AvgIpc) is 2.54. The van der Waals surface area contributed by atoms with Crippen molar-refractivity contribution in [2.45, 2.75) is 20.8 Å². The van der Waals surface area contributed by atoms with Crippen molar-refractivity contribution in [3.8, 4) is 0 Å². The van der Waals surface area contributed by atoms with Crippen LogP contribution in [0.25, 0.3) is 0 Å². The Balaban J connectivity index is 2.05. The van der Waals surface area contributed by atoms with Gasteiger partial charge >= 0.3 is 0 Å². The number of aryl methyl sites for hydroxylation is 1. The number of hydrogen-bond acceptors (Lipinski definition) is 2. The third-order valence-corrected chi connectivity index (χ3v) is 4.33. The van der Waals surface area contributed by atoms with Gasteiger partial charge in [0.2, 0.25) is 5.91 Å². The van der Waals surface area contributed by atoms with E-state index >= 15 is 0 Å². The average molecular weight is 345 g/mol. The van der Waals surface area contributed by atoms with Crippen LogP contribution in [0.5, 0.6) is 0 Å². The highest BCUT2D eigenvalue weighted by atomic mass is 35.5. The van der Waals surface area contributed by atoms with Crippen LogP contribution >= 0.6 is 11.6 Å². The van der Waals surface area contributed by atoms with Gasteiger partial charge in [-0.25, -0.2) is 0 Å². The number of halogens is 1. The summed E-state index contributed by atoms with van der Waals surface area (Å²) in [5, 5.41) is 3.48. The second-order valence-corrected chi connectivity index (χ2v) is 6.03. The quantitative estimate of drug-likeness (QED) is 0.898. The maximum Gasteiger partial charge on any atom is 0.251 e. The lowest BCUT2D eigenvalue weighted by atomic mass is 10.1. The number of carbonyl (C=O) groups excluding carboxylic acids is 2. The van der Waals surface area contributed by atoms with Gasteiger partial charge in [-0.1, -0.05) is 35.9 Å². The Hall–Kier alpha value is -2.33. The third kappa shape index (κ3) is 4.15. The number of anilines is 1. The molecular formula is C19H21ClN2O2. The molecule has 0 fully saturated rings. The van der Waals surface area contributed by atoms with Crippen LogP contribution in [0.1, 0.15) is 28.4 Å². The summed E-state index contributed by atoms with van der Waals surface area (Å²) in [5.41, 5.74) is 3.18. The van der Waals surface area contributed by atoms with Gasteiger partial charge in [0.15, 0.2) is 0 Å². The highest BCUT2D eigenvalue weighted by Crippen LogP contribution is 2.26. The monoisotopic (exact) mass is 344 g/mol. The molecule has 1 N–H and O–H groups in total. The van der Waals surface area contributed by atoms with E-state index in [4.69, 9.17) is 11.6 Å². The summed E-state index contributed by atoms with van der Waals surface area (Å²) in [4.78, 5) is 25.8. The number of nitrogens with one attached hydrogen (secondary N) is 1. The molecule has 24 heavy (non-hydrogen) atoms. The minimum absolute atomic E-state index is 0.0921. The molecule has 0 bridgehead atoms. The van der Waals surface area contributed by atoms with Crippen LogP contribution in [0, 0.1) is 13.8 Å². The Morgan fingerprint density at radius 2 is 1.79 bits per heavy atom. The number of nitrogens with zero attached hydrogens (tertiary/aromatic N) is 1. The molecular weight excluding hydrogens is 324 g/mol. The van der Waals surface area contributed by atoms with Gasteiger partial charge in [-0.05, 0) is 43.2 Å². The predicted octanol–water partition coefficient (Wildman–Crippen LogP) is 3.74. The Morgan fingerprint density at radius 1 is 1.08 bits per heavy atom. The first-order valence-corrected chi connectivity index (χ1v) is 8.16. The van der Waals surface area contributed by atoms with Gasteiger partial charge in [0.05, 0.1) is 0 Å². The molecule has 126 valence electrons. The van der Waals surface area contributed by atoms with E-state index in [9.17, 15) is 9.59 Å². The van der Waals surface area contributed by atoms with Crippen LogP contribution in [0.2, 0.25) is 5.02 Å². The molecule has 0 unspecified atom stereocenters. The van der Waals surface area contributed by atoms with Gasteiger partial charge in [0.25, 0.3) is 5.91 Å². The summed E-state index contributed by atoms with van der Waals surface area (Å²) in [6.45, 7) is 6.02. The molecule has 2 amide bonds. The molecule has 2 rings (SSSR count). The van der Waals surface area contributed by atoms with Crippen LogP contribution in [0.3, 0.4) is 0 Å². The fourth-order valence-corrected chi connectivity index (χ4v) is 2.71. The Bertz CT molecular complexity index is 759. The first-order chi connectivity index (χ1) is 11.4. The van der Waals surface area contributed by atoms with E-state index < -0.39 is 0 Å². The zero-order valence-electron chi connectivity index (χ0n) is 14.1. The first kappa shape index (κ1) is 18.0. The molecule has 0 radical (unpaired) electrons. The molecule has 0 aliphatic carbocycles. The van der Waals surface area contributed by atoms with Gasteiger partial charge in [-0.3, -0.25) is 9.59 Å². The number of carbonyl (C=O) groups is 2. The summed E-state index contributed by atoms with van der Waals surface area (Å²) in [5.74, 6) is -0.232. The maximum atomic E-state index is 12.2. The number of rotatable bonds is 5. The number of hydrogen-bond donors (Lipinski definition) is 1. The molecule has 0 spiro atoms. The third-order valence-electron chi connectivity index (χ3n) is 3.92. The standard InChI is InChI=1S/C19H21ClN2O2/c1-13-7-4-5-8-16(13)19(24)21-11-12-22(15(3)23)18-10-6-9-17(20)14(18)2/h4-10H,11-12H2,1-3H3,(H,21,24). The smallest absolute Gasteiger partial charge is 0.251 e. The van der Waals surface area contributed by atoms with Gasteiger partial charge in [0.1, 0.15) is 0 Å². The van der Waals surface area contributed by atoms with E-state index in [-0.39, 0.29) is 11.8 Å². The van der Waals surface area contributed by atoms with E-state index in [1.54, 1.807) is 17.0 Å². The van der Waals surface area contributed by atoms with Crippen molar-refractivity contribution in [3.63, 3.8) is 0 Å². The molecule has 2 aromatic carbocycles. The maximum absolute atomic E-state index is 12.2. The van der Waals surface area contributed by atoms with Crippen molar-refractivity contribution in [2.24, 2.45) is 0 Å². The minimum atomic E-state index is -0.139. The molecule has 0 heterocycles. The first-order valence-electron chi connectivity index (χ1n) is 7.79. The molecule has 5 heteroatoms. The number of amides is 2. The highest BCUT2D eigenvalue weighted by molar-refractivity contribution is 6.31. The van der Waals surface area contributed by atoms with Crippen molar-refractivity contribution >= 4 is 29.1 Å². The summed E-state index contributed by atoms with van der Waals surface area (Å²) < 4.78 is 0. The number of benzene rings is 2. The Morgan fingerprint density at radius 3 is 2.46 bits per heavy atom. The van der Waals surface area contributed by atoms with Crippen molar-refractivity contribution in [1.82, 2.24) is 5.32 Å². The van der Waals surface area contributed by atoms with Crippen molar-refractivity contribution in [1.29, 1.82) is 0 Å². The summed E-state index contributed by atoms with van der Waals surface area (Å²) >= 11 is 6.14.